The van der Waals surface area contributed by atoms with Crippen molar-refractivity contribution >= 4 is 17.4 Å². The smallest absolute Gasteiger partial charge is 0.139 e. The fourth-order valence-corrected chi connectivity index (χ4v) is 1.81. The van der Waals surface area contributed by atoms with E-state index in [9.17, 15) is 0 Å². The predicted octanol–water partition coefficient (Wildman–Crippen LogP) is 3.20. The zero-order chi connectivity index (χ0) is 13.4. The Morgan fingerprint density at radius 2 is 2.22 bits per heavy atom. The summed E-state index contributed by atoms with van der Waals surface area (Å²) < 4.78 is 5.62. The van der Waals surface area contributed by atoms with E-state index in [-0.39, 0.29) is 5.84 Å². The molecule has 1 aromatic rings. The maximum Gasteiger partial charge on any atom is 0.139 e. The molecule has 0 radical (unpaired) electrons. The summed E-state index contributed by atoms with van der Waals surface area (Å²) in [5, 5.41) is 12.1. The van der Waals surface area contributed by atoms with Gasteiger partial charge in [0.25, 0.3) is 0 Å². The molecular formula is C13H19ClN2O2. The second-order valence-electron chi connectivity index (χ2n) is 4.00. The van der Waals surface area contributed by atoms with E-state index < -0.39 is 0 Å². The van der Waals surface area contributed by atoms with Gasteiger partial charge in [-0.05, 0) is 43.0 Å². The molecule has 5 heteroatoms. The highest BCUT2D eigenvalue weighted by atomic mass is 35.5. The largest absolute Gasteiger partial charge is 0.494 e. The summed E-state index contributed by atoms with van der Waals surface area (Å²) in [7, 11) is 0. The van der Waals surface area contributed by atoms with E-state index in [1.165, 1.54) is 0 Å². The zero-order valence-corrected chi connectivity index (χ0v) is 11.3. The second-order valence-corrected chi connectivity index (χ2v) is 4.41. The van der Waals surface area contributed by atoms with Crippen LogP contribution in [0, 0.1) is 0 Å². The first-order valence-electron chi connectivity index (χ1n) is 6.05. The number of nitrogens with zero attached hydrogens (tertiary/aromatic N) is 1. The number of aryl methyl sites for hydroxylation is 1. The molecule has 0 saturated carbocycles. The molecule has 1 rings (SSSR count). The molecule has 18 heavy (non-hydrogen) atoms. The maximum absolute atomic E-state index is 8.37. The highest BCUT2D eigenvalue weighted by molar-refractivity contribution is 6.31. The van der Waals surface area contributed by atoms with E-state index in [2.05, 4.69) is 12.1 Å². The van der Waals surface area contributed by atoms with Crippen LogP contribution in [0.25, 0.3) is 0 Å². The van der Waals surface area contributed by atoms with Crippen LogP contribution in [-0.4, -0.2) is 17.6 Å². The Bertz CT molecular complexity index is 408. The second kappa shape index (κ2) is 7.82. The van der Waals surface area contributed by atoms with Gasteiger partial charge in [-0.3, -0.25) is 0 Å². The minimum atomic E-state index is 0.259. The number of halogens is 1. The van der Waals surface area contributed by atoms with E-state index in [1.807, 2.05) is 18.2 Å². The molecule has 1 aromatic carbocycles. The van der Waals surface area contributed by atoms with Gasteiger partial charge in [0.2, 0.25) is 0 Å². The van der Waals surface area contributed by atoms with Crippen LogP contribution in [0.3, 0.4) is 0 Å². The molecule has 3 N–H and O–H groups in total. The van der Waals surface area contributed by atoms with Crippen LogP contribution in [0.4, 0.5) is 0 Å². The van der Waals surface area contributed by atoms with Crippen LogP contribution in [0.2, 0.25) is 5.02 Å². The number of ether oxygens (including phenoxy) is 1. The number of unbranched alkanes of at least 4 members (excludes halogenated alkanes) is 1. The Kier molecular flexibility index (Phi) is 6.36. The van der Waals surface area contributed by atoms with Crippen LogP contribution in [0.5, 0.6) is 5.75 Å². The molecular weight excluding hydrogens is 252 g/mol. The van der Waals surface area contributed by atoms with Crippen LogP contribution < -0.4 is 10.5 Å². The van der Waals surface area contributed by atoms with Crippen molar-refractivity contribution in [1.82, 2.24) is 0 Å². The molecule has 0 aliphatic rings. The number of rotatable bonds is 7. The monoisotopic (exact) mass is 270 g/mol. The SMILES string of the molecule is CCc1cc(OCCCC/C(N)=N/O)ccc1Cl. The van der Waals surface area contributed by atoms with Crippen molar-refractivity contribution in [2.24, 2.45) is 10.9 Å². The van der Waals surface area contributed by atoms with Crippen molar-refractivity contribution in [2.75, 3.05) is 6.61 Å². The van der Waals surface area contributed by atoms with Crippen molar-refractivity contribution in [3.8, 4) is 5.75 Å². The predicted molar refractivity (Wildman–Crippen MR) is 73.6 cm³/mol. The Morgan fingerprint density at radius 3 is 2.89 bits per heavy atom. The van der Waals surface area contributed by atoms with Gasteiger partial charge in [0.05, 0.1) is 6.61 Å². The van der Waals surface area contributed by atoms with Crippen LogP contribution >= 0.6 is 11.6 Å². The molecule has 4 nitrogen and oxygen atoms in total. The lowest BCUT2D eigenvalue weighted by atomic mass is 10.1. The molecule has 100 valence electrons. The van der Waals surface area contributed by atoms with E-state index in [0.717, 1.165) is 35.6 Å². The molecule has 0 saturated heterocycles. The van der Waals surface area contributed by atoms with E-state index >= 15 is 0 Å². The van der Waals surface area contributed by atoms with Crippen molar-refractivity contribution in [3.05, 3.63) is 28.8 Å². The summed E-state index contributed by atoms with van der Waals surface area (Å²) >= 11 is 6.02. The fourth-order valence-electron chi connectivity index (χ4n) is 1.56. The zero-order valence-electron chi connectivity index (χ0n) is 10.5. The van der Waals surface area contributed by atoms with Crippen molar-refractivity contribution < 1.29 is 9.94 Å². The third kappa shape index (κ3) is 4.84. The van der Waals surface area contributed by atoms with Gasteiger partial charge in [-0.15, -0.1) is 0 Å². The first kappa shape index (κ1) is 14.6. The molecule has 0 amide bonds. The molecule has 0 aliphatic heterocycles. The molecule has 0 fully saturated rings. The lowest BCUT2D eigenvalue weighted by Gasteiger charge is -2.08. The summed E-state index contributed by atoms with van der Waals surface area (Å²) in [5.41, 5.74) is 6.45. The molecule has 0 heterocycles. The quantitative estimate of drug-likeness (QED) is 0.263. The Hall–Kier alpha value is -1.42. The van der Waals surface area contributed by atoms with E-state index in [0.29, 0.717) is 13.0 Å². The minimum absolute atomic E-state index is 0.259. The number of amidine groups is 1. The number of oxime groups is 1. The van der Waals surface area contributed by atoms with Crippen LogP contribution in [-0.2, 0) is 6.42 Å². The topological polar surface area (TPSA) is 67.8 Å². The van der Waals surface area contributed by atoms with Gasteiger partial charge in [0.15, 0.2) is 0 Å². The molecule has 0 bridgehead atoms. The third-order valence-electron chi connectivity index (χ3n) is 2.62. The van der Waals surface area contributed by atoms with E-state index in [4.69, 9.17) is 27.3 Å². The lowest BCUT2D eigenvalue weighted by Crippen LogP contribution is -2.11. The normalized spacial score (nSPS) is 11.6. The first-order valence-corrected chi connectivity index (χ1v) is 6.42. The number of benzene rings is 1. The summed E-state index contributed by atoms with van der Waals surface area (Å²) in [6, 6.07) is 5.68. The average Bonchev–Trinajstić information content (AvgIpc) is 2.39. The van der Waals surface area contributed by atoms with Gasteiger partial charge in [-0.25, -0.2) is 0 Å². The fraction of sp³-hybridized carbons (Fsp3) is 0.462. The molecule has 0 atom stereocenters. The van der Waals surface area contributed by atoms with Crippen molar-refractivity contribution in [2.45, 2.75) is 32.6 Å². The Labute approximate surface area is 112 Å². The van der Waals surface area contributed by atoms with Gasteiger partial charge in [-0.2, -0.15) is 0 Å². The lowest BCUT2D eigenvalue weighted by molar-refractivity contribution is 0.304. The molecule has 0 aliphatic carbocycles. The molecule has 0 spiro atoms. The summed E-state index contributed by atoms with van der Waals surface area (Å²) in [4.78, 5) is 0. The maximum atomic E-state index is 8.37. The Balaban J connectivity index is 2.31. The highest BCUT2D eigenvalue weighted by Crippen LogP contribution is 2.22. The molecule has 0 unspecified atom stereocenters. The van der Waals surface area contributed by atoms with Crippen LogP contribution in [0.1, 0.15) is 31.7 Å². The minimum Gasteiger partial charge on any atom is -0.494 e. The average molecular weight is 271 g/mol. The van der Waals surface area contributed by atoms with Crippen LogP contribution in [0.15, 0.2) is 23.4 Å². The van der Waals surface area contributed by atoms with Gasteiger partial charge >= 0.3 is 0 Å². The molecule has 0 aromatic heterocycles. The summed E-state index contributed by atoms with van der Waals surface area (Å²) in [5.74, 6) is 1.09. The van der Waals surface area contributed by atoms with Gasteiger partial charge < -0.3 is 15.7 Å². The van der Waals surface area contributed by atoms with Gasteiger partial charge in [-0.1, -0.05) is 23.7 Å². The number of hydrogen-bond acceptors (Lipinski definition) is 3. The van der Waals surface area contributed by atoms with Gasteiger partial charge in [0, 0.05) is 11.4 Å². The highest BCUT2D eigenvalue weighted by Gasteiger charge is 2.01. The van der Waals surface area contributed by atoms with Crippen molar-refractivity contribution in [1.29, 1.82) is 0 Å². The number of hydrogen-bond donors (Lipinski definition) is 2. The summed E-state index contributed by atoms with van der Waals surface area (Å²) in [6.45, 7) is 2.67. The summed E-state index contributed by atoms with van der Waals surface area (Å²) in [6.07, 6.45) is 3.17. The first-order chi connectivity index (χ1) is 8.67. The number of nitrogens with two attached hydrogens (primary N) is 1. The standard InChI is InChI=1S/C13H19ClN2O2/c1-2-10-9-11(6-7-12(10)14)18-8-4-3-5-13(15)16-17/h6-7,9,17H,2-5,8H2,1H3,(H2,15,16). The van der Waals surface area contributed by atoms with E-state index in [1.54, 1.807) is 0 Å². The third-order valence-corrected chi connectivity index (χ3v) is 2.99. The van der Waals surface area contributed by atoms with Gasteiger partial charge in [0.1, 0.15) is 11.6 Å². The Morgan fingerprint density at radius 1 is 1.44 bits per heavy atom. The van der Waals surface area contributed by atoms with Crippen molar-refractivity contribution in [3.63, 3.8) is 0 Å².